The van der Waals surface area contributed by atoms with E-state index >= 15 is 0 Å². The molecule has 2 rings (SSSR count). The quantitative estimate of drug-likeness (QED) is 0.840. The molecule has 0 aromatic heterocycles. The SMILES string of the molecule is CCOc1ccc(NS(=O)(=O)c2ccc(NC(C)=O)cc2)cc1C. The Balaban J connectivity index is 2.18. The third kappa shape index (κ3) is 4.48. The highest BCUT2D eigenvalue weighted by atomic mass is 32.2. The summed E-state index contributed by atoms with van der Waals surface area (Å²) in [5, 5.41) is 2.59. The zero-order chi connectivity index (χ0) is 17.7. The number of amides is 1. The number of aryl methyl sites for hydroxylation is 1. The Morgan fingerprint density at radius 1 is 1.08 bits per heavy atom. The molecule has 128 valence electrons. The summed E-state index contributed by atoms with van der Waals surface area (Å²) in [6.45, 7) is 5.68. The minimum absolute atomic E-state index is 0.114. The average molecular weight is 348 g/mol. The van der Waals surface area contributed by atoms with Crippen LogP contribution < -0.4 is 14.8 Å². The maximum Gasteiger partial charge on any atom is 0.261 e. The number of hydrogen-bond donors (Lipinski definition) is 2. The predicted octanol–water partition coefficient (Wildman–Crippen LogP) is 3.15. The van der Waals surface area contributed by atoms with Crippen molar-refractivity contribution < 1.29 is 17.9 Å². The van der Waals surface area contributed by atoms with Crippen LogP contribution in [0.3, 0.4) is 0 Å². The fraction of sp³-hybridized carbons (Fsp3) is 0.235. The molecular formula is C17H20N2O4S. The van der Waals surface area contributed by atoms with Crippen molar-refractivity contribution in [3.8, 4) is 5.75 Å². The molecule has 0 atom stereocenters. The smallest absolute Gasteiger partial charge is 0.261 e. The van der Waals surface area contributed by atoms with E-state index in [0.717, 1.165) is 11.3 Å². The predicted molar refractivity (Wildman–Crippen MR) is 93.9 cm³/mol. The first-order chi connectivity index (χ1) is 11.3. The lowest BCUT2D eigenvalue weighted by Crippen LogP contribution is -2.13. The van der Waals surface area contributed by atoms with Crippen LogP contribution >= 0.6 is 0 Å². The van der Waals surface area contributed by atoms with Gasteiger partial charge < -0.3 is 10.1 Å². The van der Waals surface area contributed by atoms with Gasteiger partial charge in [0.2, 0.25) is 5.91 Å². The Labute approximate surface area is 141 Å². The molecule has 24 heavy (non-hydrogen) atoms. The molecule has 0 heterocycles. The second-order valence-corrected chi connectivity index (χ2v) is 6.91. The average Bonchev–Trinajstić information content (AvgIpc) is 2.50. The summed E-state index contributed by atoms with van der Waals surface area (Å²) >= 11 is 0. The van der Waals surface area contributed by atoms with E-state index in [1.807, 2.05) is 13.8 Å². The summed E-state index contributed by atoms with van der Waals surface area (Å²) in [5.74, 6) is 0.508. The molecule has 6 nitrogen and oxygen atoms in total. The van der Waals surface area contributed by atoms with Crippen LogP contribution in [0.5, 0.6) is 5.75 Å². The zero-order valence-corrected chi connectivity index (χ0v) is 14.6. The van der Waals surface area contributed by atoms with Crippen LogP contribution in [0, 0.1) is 6.92 Å². The van der Waals surface area contributed by atoms with Crippen molar-refractivity contribution >= 4 is 27.3 Å². The van der Waals surface area contributed by atoms with Gasteiger partial charge in [-0.2, -0.15) is 0 Å². The van der Waals surface area contributed by atoms with Gasteiger partial charge in [-0.3, -0.25) is 9.52 Å². The van der Waals surface area contributed by atoms with Crippen molar-refractivity contribution in [3.63, 3.8) is 0 Å². The number of carbonyl (C=O) groups is 1. The van der Waals surface area contributed by atoms with Crippen molar-refractivity contribution in [1.29, 1.82) is 0 Å². The summed E-state index contributed by atoms with van der Waals surface area (Å²) in [5.41, 5.74) is 1.85. The molecule has 0 aliphatic heterocycles. The van der Waals surface area contributed by atoms with Crippen LogP contribution in [-0.4, -0.2) is 20.9 Å². The monoisotopic (exact) mass is 348 g/mol. The minimum atomic E-state index is -3.70. The number of sulfonamides is 1. The summed E-state index contributed by atoms with van der Waals surface area (Å²) in [4.78, 5) is 11.1. The maximum atomic E-state index is 12.4. The lowest BCUT2D eigenvalue weighted by molar-refractivity contribution is -0.114. The largest absolute Gasteiger partial charge is 0.494 e. The molecule has 2 N–H and O–H groups in total. The molecule has 2 aromatic rings. The number of anilines is 2. The topological polar surface area (TPSA) is 84.5 Å². The van der Waals surface area contributed by atoms with Crippen molar-refractivity contribution in [2.45, 2.75) is 25.7 Å². The van der Waals surface area contributed by atoms with E-state index < -0.39 is 10.0 Å². The van der Waals surface area contributed by atoms with Gasteiger partial charge in [0, 0.05) is 18.3 Å². The molecule has 0 saturated carbocycles. The van der Waals surface area contributed by atoms with Gasteiger partial charge in [0.25, 0.3) is 10.0 Å². The molecule has 0 aliphatic carbocycles. The fourth-order valence-electron chi connectivity index (χ4n) is 2.17. The van der Waals surface area contributed by atoms with Crippen LogP contribution in [-0.2, 0) is 14.8 Å². The Morgan fingerprint density at radius 2 is 1.71 bits per heavy atom. The number of carbonyl (C=O) groups excluding carboxylic acids is 1. The first-order valence-corrected chi connectivity index (χ1v) is 8.94. The highest BCUT2D eigenvalue weighted by Crippen LogP contribution is 2.24. The highest BCUT2D eigenvalue weighted by molar-refractivity contribution is 7.92. The summed E-state index contributed by atoms with van der Waals surface area (Å²) in [6, 6.07) is 11.1. The Hall–Kier alpha value is -2.54. The van der Waals surface area contributed by atoms with E-state index in [-0.39, 0.29) is 10.8 Å². The number of hydrogen-bond acceptors (Lipinski definition) is 4. The lowest BCUT2D eigenvalue weighted by atomic mass is 10.2. The lowest BCUT2D eigenvalue weighted by Gasteiger charge is -2.12. The first kappa shape index (κ1) is 17.8. The Kier molecular flexibility index (Phi) is 5.46. The van der Waals surface area contributed by atoms with Gasteiger partial charge in [0.05, 0.1) is 11.5 Å². The van der Waals surface area contributed by atoms with Crippen molar-refractivity contribution in [1.82, 2.24) is 0 Å². The molecule has 0 unspecified atom stereocenters. The second kappa shape index (κ2) is 7.35. The second-order valence-electron chi connectivity index (χ2n) is 5.22. The Bertz CT molecular complexity index is 830. The molecule has 0 saturated heterocycles. The van der Waals surface area contributed by atoms with Crippen LogP contribution in [0.25, 0.3) is 0 Å². The summed E-state index contributed by atoms with van der Waals surface area (Å²) in [6.07, 6.45) is 0. The number of ether oxygens (including phenoxy) is 1. The molecule has 0 radical (unpaired) electrons. The molecule has 0 spiro atoms. The standard InChI is InChI=1S/C17H20N2O4S/c1-4-23-17-10-7-15(11-12(17)2)19-24(21,22)16-8-5-14(6-9-16)18-13(3)20/h5-11,19H,4H2,1-3H3,(H,18,20). The van der Waals surface area contributed by atoms with Crippen LogP contribution in [0.2, 0.25) is 0 Å². The van der Waals surface area contributed by atoms with Crippen molar-refractivity contribution in [3.05, 3.63) is 48.0 Å². The highest BCUT2D eigenvalue weighted by Gasteiger charge is 2.15. The normalized spacial score (nSPS) is 11.0. The van der Waals surface area contributed by atoms with Gasteiger partial charge in [-0.15, -0.1) is 0 Å². The van der Waals surface area contributed by atoms with E-state index in [9.17, 15) is 13.2 Å². The summed E-state index contributed by atoms with van der Waals surface area (Å²) < 4.78 is 32.8. The van der Waals surface area contributed by atoms with Crippen molar-refractivity contribution in [2.75, 3.05) is 16.6 Å². The van der Waals surface area contributed by atoms with E-state index in [4.69, 9.17) is 4.74 Å². The number of benzene rings is 2. The zero-order valence-electron chi connectivity index (χ0n) is 13.8. The number of nitrogens with one attached hydrogen (secondary N) is 2. The van der Waals surface area contributed by atoms with Gasteiger partial charge >= 0.3 is 0 Å². The third-order valence-corrected chi connectivity index (χ3v) is 4.61. The molecule has 7 heteroatoms. The molecule has 2 aromatic carbocycles. The molecule has 1 amide bonds. The van der Waals surface area contributed by atoms with Gasteiger partial charge in [-0.25, -0.2) is 8.42 Å². The van der Waals surface area contributed by atoms with Gasteiger partial charge in [-0.05, 0) is 61.9 Å². The third-order valence-electron chi connectivity index (χ3n) is 3.21. The molecule has 0 fully saturated rings. The van der Waals surface area contributed by atoms with E-state index in [1.165, 1.54) is 19.1 Å². The molecule has 0 aliphatic rings. The molecular weight excluding hydrogens is 328 g/mol. The van der Waals surface area contributed by atoms with Gasteiger partial charge in [-0.1, -0.05) is 0 Å². The van der Waals surface area contributed by atoms with E-state index in [2.05, 4.69) is 10.0 Å². The Morgan fingerprint density at radius 3 is 2.25 bits per heavy atom. The van der Waals surface area contributed by atoms with Gasteiger partial charge in [0.15, 0.2) is 0 Å². The maximum absolute atomic E-state index is 12.4. The fourth-order valence-corrected chi connectivity index (χ4v) is 3.21. The van der Waals surface area contributed by atoms with Gasteiger partial charge in [0.1, 0.15) is 5.75 Å². The summed E-state index contributed by atoms with van der Waals surface area (Å²) in [7, 11) is -3.70. The van der Waals surface area contributed by atoms with Crippen LogP contribution in [0.1, 0.15) is 19.4 Å². The number of rotatable bonds is 6. The van der Waals surface area contributed by atoms with Crippen LogP contribution in [0.4, 0.5) is 11.4 Å². The van der Waals surface area contributed by atoms with Crippen LogP contribution in [0.15, 0.2) is 47.4 Å². The van der Waals surface area contributed by atoms with E-state index in [0.29, 0.717) is 18.0 Å². The van der Waals surface area contributed by atoms with E-state index in [1.54, 1.807) is 30.3 Å². The minimum Gasteiger partial charge on any atom is -0.494 e. The molecule has 0 bridgehead atoms. The van der Waals surface area contributed by atoms with Crippen molar-refractivity contribution in [2.24, 2.45) is 0 Å². The first-order valence-electron chi connectivity index (χ1n) is 7.46.